The first-order chi connectivity index (χ1) is 11.5. The van der Waals surface area contributed by atoms with Crippen molar-refractivity contribution >= 4 is 17.5 Å². The molecule has 2 rings (SSSR count). The van der Waals surface area contributed by atoms with Gasteiger partial charge >= 0.3 is 0 Å². The lowest BCUT2D eigenvalue weighted by atomic mass is 10.1. The Bertz CT molecular complexity index is 731. The molecule has 4 nitrogen and oxygen atoms in total. The number of nitrogens with one attached hydrogen (secondary N) is 2. The van der Waals surface area contributed by atoms with E-state index in [1.54, 1.807) is 36.4 Å². The van der Waals surface area contributed by atoms with Crippen LogP contribution in [0.4, 0.5) is 10.1 Å². The summed E-state index contributed by atoms with van der Waals surface area (Å²) in [5.74, 6) is -0.913. The van der Waals surface area contributed by atoms with Crippen molar-refractivity contribution in [2.24, 2.45) is 0 Å². The number of para-hydroxylation sites is 1. The molecule has 1 unspecified atom stereocenters. The molecule has 0 aliphatic carbocycles. The van der Waals surface area contributed by atoms with Crippen LogP contribution in [0.25, 0.3) is 0 Å². The van der Waals surface area contributed by atoms with Gasteiger partial charge in [0.2, 0.25) is 5.91 Å². The number of hydrogen-bond acceptors (Lipinski definition) is 2. The predicted octanol–water partition coefficient (Wildman–Crippen LogP) is 3.54. The first kappa shape index (κ1) is 17.7. The monoisotopic (exact) mass is 328 g/mol. The van der Waals surface area contributed by atoms with Crippen LogP contribution in [0, 0.1) is 5.82 Å². The fourth-order valence-electron chi connectivity index (χ4n) is 2.22. The van der Waals surface area contributed by atoms with E-state index in [0.717, 1.165) is 6.42 Å². The summed E-state index contributed by atoms with van der Waals surface area (Å²) in [5, 5.41) is 5.61. The number of halogens is 1. The van der Waals surface area contributed by atoms with Crippen LogP contribution < -0.4 is 10.6 Å². The molecule has 1 atom stereocenters. The zero-order valence-electron chi connectivity index (χ0n) is 13.8. The van der Waals surface area contributed by atoms with Crippen molar-refractivity contribution < 1.29 is 14.0 Å². The third-order valence-electron chi connectivity index (χ3n) is 3.69. The summed E-state index contributed by atoms with van der Waals surface area (Å²) < 4.78 is 13.2. The Balaban J connectivity index is 2.09. The zero-order valence-corrected chi connectivity index (χ0v) is 13.8. The number of benzene rings is 2. The molecule has 0 radical (unpaired) electrons. The van der Waals surface area contributed by atoms with Gasteiger partial charge < -0.3 is 10.6 Å². The molecule has 0 heterocycles. The number of amides is 2. The van der Waals surface area contributed by atoms with Crippen molar-refractivity contribution in [2.45, 2.75) is 32.7 Å². The van der Waals surface area contributed by atoms with E-state index in [-0.39, 0.29) is 30.1 Å². The molecule has 2 aromatic rings. The van der Waals surface area contributed by atoms with Crippen molar-refractivity contribution in [3.05, 3.63) is 65.5 Å². The van der Waals surface area contributed by atoms with Crippen LogP contribution in [0.1, 0.15) is 36.2 Å². The van der Waals surface area contributed by atoms with Gasteiger partial charge in [0, 0.05) is 6.04 Å². The average Bonchev–Trinajstić information content (AvgIpc) is 2.55. The second kappa shape index (κ2) is 8.24. The lowest BCUT2D eigenvalue weighted by Crippen LogP contribution is -2.32. The van der Waals surface area contributed by atoms with E-state index in [4.69, 9.17) is 0 Å². The minimum absolute atomic E-state index is 0.0408. The van der Waals surface area contributed by atoms with Crippen LogP contribution in [0.2, 0.25) is 0 Å². The second-order valence-corrected chi connectivity index (χ2v) is 5.68. The number of anilines is 1. The maximum atomic E-state index is 13.2. The molecule has 0 saturated carbocycles. The Hall–Kier alpha value is -2.69. The molecular weight excluding hydrogens is 307 g/mol. The minimum atomic E-state index is -0.381. The molecule has 0 aromatic heterocycles. The molecule has 0 bridgehead atoms. The molecule has 0 aliphatic rings. The normalized spacial score (nSPS) is 11.6. The lowest BCUT2D eigenvalue weighted by Gasteiger charge is -2.14. The van der Waals surface area contributed by atoms with Gasteiger partial charge in [0.25, 0.3) is 5.91 Å². The van der Waals surface area contributed by atoms with E-state index in [0.29, 0.717) is 16.8 Å². The van der Waals surface area contributed by atoms with Gasteiger partial charge in [0.1, 0.15) is 5.82 Å². The SMILES string of the molecule is CCC(C)NC(=O)c1ccccc1NC(=O)Cc1cccc(F)c1. The lowest BCUT2D eigenvalue weighted by molar-refractivity contribution is -0.115. The molecule has 126 valence electrons. The summed E-state index contributed by atoms with van der Waals surface area (Å²) in [7, 11) is 0. The van der Waals surface area contributed by atoms with Gasteiger partial charge in [-0.25, -0.2) is 4.39 Å². The molecule has 2 N–H and O–H groups in total. The van der Waals surface area contributed by atoms with Crippen LogP contribution in [0.3, 0.4) is 0 Å². The van der Waals surface area contributed by atoms with Gasteiger partial charge in [-0.1, -0.05) is 31.2 Å². The van der Waals surface area contributed by atoms with E-state index in [1.165, 1.54) is 12.1 Å². The highest BCUT2D eigenvalue weighted by molar-refractivity contribution is 6.04. The van der Waals surface area contributed by atoms with Crippen molar-refractivity contribution in [3.8, 4) is 0 Å². The fourth-order valence-corrected chi connectivity index (χ4v) is 2.22. The number of carbonyl (C=O) groups is 2. The fraction of sp³-hybridized carbons (Fsp3) is 0.263. The van der Waals surface area contributed by atoms with Gasteiger partial charge in [-0.3, -0.25) is 9.59 Å². The van der Waals surface area contributed by atoms with Crippen LogP contribution in [0.5, 0.6) is 0 Å². The highest BCUT2D eigenvalue weighted by Crippen LogP contribution is 2.16. The average molecular weight is 328 g/mol. The maximum Gasteiger partial charge on any atom is 0.253 e. The summed E-state index contributed by atoms with van der Waals surface area (Å²) in [6.45, 7) is 3.90. The molecule has 2 amide bonds. The number of carbonyl (C=O) groups excluding carboxylic acids is 2. The summed E-state index contributed by atoms with van der Waals surface area (Å²) in [4.78, 5) is 24.5. The van der Waals surface area contributed by atoms with Crippen molar-refractivity contribution in [1.29, 1.82) is 0 Å². The minimum Gasteiger partial charge on any atom is -0.350 e. The van der Waals surface area contributed by atoms with E-state index < -0.39 is 0 Å². The highest BCUT2D eigenvalue weighted by Gasteiger charge is 2.14. The summed E-state index contributed by atoms with van der Waals surface area (Å²) >= 11 is 0. The second-order valence-electron chi connectivity index (χ2n) is 5.68. The highest BCUT2D eigenvalue weighted by atomic mass is 19.1. The zero-order chi connectivity index (χ0) is 17.5. The van der Waals surface area contributed by atoms with Crippen LogP contribution in [0.15, 0.2) is 48.5 Å². The molecule has 0 aliphatic heterocycles. The number of hydrogen-bond donors (Lipinski definition) is 2. The first-order valence-corrected chi connectivity index (χ1v) is 7.93. The Kier molecular flexibility index (Phi) is 6.07. The third-order valence-corrected chi connectivity index (χ3v) is 3.69. The maximum absolute atomic E-state index is 13.2. The topological polar surface area (TPSA) is 58.2 Å². The van der Waals surface area contributed by atoms with Crippen molar-refractivity contribution in [3.63, 3.8) is 0 Å². The van der Waals surface area contributed by atoms with Gasteiger partial charge in [-0.05, 0) is 43.2 Å². The van der Waals surface area contributed by atoms with E-state index >= 15 is 0 Å². The quantitative estimate of drug-likeness (QED) is 0.852. The van der Waals surface area contributed by atoms with E-state index in [1.807, 2.05) is 13.8 Å². The molecule has 0 fully saturated rings. The van der Waals surface area contributed by atoms with Crippen LogP contribution in [-0.4, -0.2) is 17.9 Å². The largest absolute Gasteiger partial charge is 0.350 e. The molecule has 0 spiro atoms. The smallest absolute Gasteiger partial charge is 0.253 e. The molecule has 5 heteroatoms. The Labute approximate surface area is 141 Å². The van der Waals surface area contributed by atoms with Gasteiger partial charge in [-0.15, -0.1) is 0 Å². The van der Waals surface area contributed by atoms with Crippen LogP contribution >= 0.6 is 0 Å². The van der Waals surface area contributed by atoms with Gasteiger partial charge in [0.05, 0.1) is 17.7 Å². The third kappa shape index (κ3) is 4.91. The first-order valence-electron chi connectivity index (χ1n) is 7.93. The van der Waals surface area contributed by atoms with Crippen molar-refractivity contribution in [2.75, 3.05) is 5.32 Å². The van der Waals surface area contributed by atoms with Gasteiger partial charge in [-0.2, -0.15) is 0 Å². The summed E-state index contributed by atoms with van der Waals surface area (Å²) in [5.41, 5.74) is 1.43. The summed E-state index contributed by atoms with van der Waals surface area (Å²) in [6.07, 6.45) is 0.860. The predicted molar refractivity (Wildman–Crippen MR) is 92.4 cm³/mol. The molecular formula is C19H21FN2O2. The van der Waals surface area contributed by atoms with Crippen LogP contribution in [-0.2, 0) is 11.2 Å². The van der Waals surface area contributed by atoms with E-state index in [9.17, 15) is 14.0 Å². The Morgan fingerprint density at radius 1 is 1.12 bits per heavy atom. The Morgan fingerprint density at radius 3 is 2.58 bits per heavy atom. The van der Waals surface area contributed by atoms with E-state index in [2.05, 4.69) is 10.6 Å². The number of rotatable bonds is 6. The van der Waals surface area contributed by atoms with Gasteiger partial charge in [0.15, 0.2) is 0 Å². The van der Waals surface area contributed by atoms with Crippen molar-refractivity contribution in [1.82, 2.24) is 5.32 Å². The standard InChI is InChI=1S/C19H21FN2O2/c1-3-13(2)21-19(24)16-9-4-5-10-17(16)22-18(23)12-14-7-6-8-15(20)11-14/h4-11,13H,3,12H2,1-2H3,(H,21,24)(H,22,23). The molecule has 0 saturated heterocycles. The Morgan fingerprint density at radius 2 is 1.88 bits per heavy atom. The molecule has 24 heavy (non-hydrogen) atoms. The summed E-state index contributed by atoms with van der Waals surface area (Å²) in [6, 6.07) is 12.8. The molecule has 2 aromatic carbocycles.